The molecular weight excluding hydrogens is 841 g/mol. The van der Waals surface area contributed by atoms with Crippen LogP contribution in [0.1, 0.15) is 77.3 Å². The lowest BCUT2D eigenvalue weighted by atomic mass is 9.55. The molecule has 5 aromatic rings. The summed E-state index contributed by atoms with van der Waals surface area (Å²) in [5.41, 5.74) is 2.53. The van der Waals surface area contributed by atoms with Gasteiger partial charge in [0.05, 0.1) is 34.1 Å². The van der Waals surface area contributed by atoms with Crippen molar-refractivity contribution < 1.29 is 23.1 Å². The van der Waals surface area contributed by atoms with Crippen LogP contribution in [0.15, 0.2) is 53.6 Å². The Bertz CT molecular complexity index is 2740. The fourth-order valence-electron chi connectivity index (χ4n) is 10.4. The van der Waals surface area contributed by atoms with Gasteiger partial charge in [-0.25, -0.2) is 22.9 Å². The van der Waals surface area contributed by atoms with Crippen LogP contribution in [0.25, 0.3) is 21.8 Å². The minimum atomic E-state index is -0.683. The number of likely N-dealkylation sites (tertiary alicyclic amines) is 1. The summed E-state index contributed by atoms with van der Waals surface area (Å²) in [6.07, 6.45) is 7.88. The molecule has 10 rings (SSSR count). The number of benzene rings is 3. The fourth-order valence-corrected chi connectivity index (χ4v) is 10.9. The molecule has 64 heavy (non-hydrogen) atoms. The Morgan fingerprint density at radius 3 is 2.41 bits per heavy atom. The Hall–Kier alpha value is -5.77. The Labute approximate surface area is 374 Å². The van der Waals surface area contributed by atoms with Gasteiger partial charge in [0.1, 0.15) is 23.2 Å². The number of hydrogen-bond acceptors (Lipinski definition) is 12. The molecule has 0 unspecified atom stereocenters. The van der Waals surface area contributed by atoms with E-state index in [1.54, 1.807) is 40.8 Å². The minimum Gasteiger partial charge on any atom is -0.453 e. The normalized spacial score (nSPS) is 20.4. The van der Waals surface area contributed by atoms with Gasteiger partial charge in [0.2, 0.25) is 5.91 Å². The fraction of sp³-hybridized carbons (Fsp3) is 0.478. The molecule has 0 bridgehead atoms. The maximum absolute atomic E-state index is 15.7. The number of hydrogen-bond donors (Lipinski definition) is 2. The van der Waals surface area contributed by atoms with E-state index in [2.05, 4.69) is 36.0 Å². The van der Waals surface area contributed by atoms with E-state index in [1.165, 1.54) is 35.2 Å². The number of carbonyl (C=O) groups is 2. The molecule has 15 nitrogen and oxygen atoms in total. The quantitative estimate of drug-likeness (QED) is 0.132. The first-order chi connectivity index (χ1) is 30.8. The van der Waals surface area contributed by atoms with E-state index < -0.39 is 11.8 Å². The molecular formula is C46H53F2N11O4S. The highest BCUT2D eigenvalue weighted by Crippen LogP contribution is 2.59. The van der Waals surface area contributed by atoms with Crippen molar-refractivity contribution in [3.63, 3.8) is 0 Å². The minimum absolute atomic E-state index is 0.0266. The van der Waals surface area contributed by atoms with E-state index in [0.29, 0.717) is 39.5 Å². The number of aryl methyl sites for hydroxylation is 1. The lowest BCUT2D eigenvalue weighted by Gasteiger charge is -2.65. The van der Waals surface area contributed by atoms with Crippen molar-refractivity contribution in [1.29, 1.82) is 5.26 Å². The first-order valence-corrected chi connectivity index (χ1v) is 22.9. The highest BCUT2D eigenvalue weighted by atomic mass is 32.2. The number of nitrogens with one attached hydrogen (secondary N) is 2. The van der Waals surface area contributed by atoms with Crippen molar-refractivity contribution in [2.24, 2.45) is 17.9 Å². The number of halogens is 2. The number of ether oxygens (including phenoxy) is 1. The van der Waals surface area contributed by atoms with Crippen molar-refractivity contribution in [3.05, 3.63) is 76.3 Å². The predicted molar refractivity (Wildman–Crippen MR) is 243 cm³/mol. The second-order valence-electron chi connectivity index (χ2n) is 17.8. The van der Waals surface area contributed by atoms with E-state index in [4.69, 9.17) is 4.74 Å². The number of amides is 3. The summed E-state index contributed by atoms with van der Waals surface area (Å²) in [6.45, 7) is 10.5. The molecule has 3 saturated heterocycles. The molecule has 3 aromatic carbocycles. The monoisotopic (exact) mass is 893 g/mol. The SMILES string of the molecule is CC.CCN(C)SNc1ccc(F)c(Oc2ccc3ncn(C4CC5(C4)CN(C4CC6(CCN(c7cc8c(cc7F)c(N7CCC(=O)NC7=O)nn8C)CC6)C4)C5)c(=O)c3c2)c1C#N. The number of urea groups is 1. The van der Waals surface area contributed by atoms with Crippen molar-refractivity contribution in [2.45, 2.75) is 77.8 Å². The first kappa shape index (κ1) is 43.5. The van der Waals surface area contributed by atoms with Gasteiger partial charge in [0.25, 0.3) is 5.56 Å². The van der Waals surface area contributed by atoms with Crippen molar-refractivity contribution in [3.8, 4) is 17.6 Å². The summed E-state index contributed by atoms with van der Waals surface area (Å²) in [5.74, 6) is -0.988. The number of anilines is 3. The van der Waals surface area contributed by atoms with Crippen LogP contribution in [0.2, 0.25) is 0 Å². The van der Waals surface area contributed by atoms with Gasteiger partial charge < -0.3 is 14.4 Å². The second-order valence-corrected chi connectivity index (χ2v) is 18.8. The highest BCUT2D eigenvalue weighted by molar-refractivity contribution is 7.98. The van der Waals surface area contributed by atoms with E-state index in [0.717, 1.165) is 76.8 Å². The molecule has 5 aliphatic rings. The molecule has 5 heterocycles. The van der Waals surface area contributed by atoms with E-state index in [-0.39, 0.29) is 64.2 Å². The largest absolute Gasteiger partial charge is 0.453 e. The van der Waals surface area contributed by atoms with Crippen molar-refractivity contribution in [1.82, 2.24) is 33.9 Å². The average molecular weight is 894 g/mol. The molecule has 2 saturated carbocycles. The summed E-state index contributed by atoms with van der Waals surface area (Å²) in [4.78, 5) is 48.8. The first-order valence-electron chi connectivity index (χ1n) is 22.2. The van der Waals surface area contributed by atoms with Crippen LogP contribution >= 0.6 is 12.1 Å². The molecule has 5 fully saturated rings. The van der Waals surface area contributed by atoms with Gasteiger partial charge in [-0.3, -0.25) is 34.0 Å². The third-order valence-corrected chi connectivity index (χ3v) is 14.9. The number of piperidine rings is 1. The highest BCUT2D eigenvalue weighted by Gasteiger charge is 2.58. The molecule has 3 aliphatic heterocycles. The van der Waals surface area contributed by atoms with Crippen LogP contribution in [0.4, 0.5) is 30.8 Å². The Morgan fingerprint density at radius 2 is 1.70 bits per heavy atom. The van der Waals surface area contributed by atoms with Gasteiger partial charge in [0, 0.05) is 82.3 Å². The number of aromatic nitrogens is 4. The van der Waals surface area contributed by atoms with Crippen LogP contribution in [-0.4, -0.2) is 92.8 Å². The number of rotatable bonds is 10. The average Bonchev–Trinajstić information content (AvgIpc) is 3.57. The standard InChI is InChI=1S/C44H47F2N11O4S.C2H6/c1-4-52(2)62-51-35-8-6-32(45)39(31(35)22-47)61-28-5-7-34-29(15-28)41(59)57(25-48-34)27-20-44(21-27)23-55(24-44)26-18-43(19-26)10-13-54(14-11-43)37-17-36-30(16-33(37)46)40(50-53(36)3)56-12-9-38(58)49-42(56)60;1-2/h5-8,15-17,25-27,51H,4,9-14,18-21,23-24H2,1-3H3,(H,49,58,60);1-2H3. The summed E-state index contributed by atoms with van der Waals surface area (Å²) in [6, 6.07) is 13.0. The van der Waals surface area contributed by atoms with Gasteiger partial charge in [-0.2, -0.15) is 10.4 Å². The Morgan fingerprint density at radius 1 is 0.969 bits per heavy atom. The van der Waals surface area contributed by atoms with Gasteiger partial charge in [-0.15, -0.1) is 0 Å². The van der Waals surface area contributed by atoms with Crippen LogP contribution in [0, 0.1) is 33.8 Å². The number of nitriles is 1. The number of fused-ring (bicyclic) bond motifs is 2. The number of nitrogens with zero attached hydrogens (tertiary/aromatic N) is 9. The number of carbonyl (C=O) groups excluding carboxylic acids is 2. The third kappa shape index (κ3) is 7.70. The van der Waals surface area contributed by atoms with E-state index in [1.807, 2.05) is 38.2 Å². The summed E-state index contributed by atoms with van der Waals surface area (Å²) < 4.78 is 45.1. The summed E-state index contributed by atoms with van der Waals surface area (Å²) in [7, 11) is 3.67. The molecule has 336 valence electrons. The molecule has 2 aliphatic carbocycles. The molecule has 3 amide bonds. The second kappa shape index (κ2) is 17.0. The van der Waals surface area contributed by atoms with Crippen LogP contribution in [-0.2, 0) is 11.8 Å². The lowest BCUT2D eigenvalue weighted by Crippen LogP contribution is -2.68. The Kier molecular flexibility index (Phi) is 11.5. The van der Waals surface area contributed by atoms with Crippen LogP contribution in [0.3, 0.4) is 0 Å². The lowest BCUT2D eigenvalue weighted by molar-refractivity contribution is -0.148. The van der Waals surface area contributed by atoms with Crippen LogP contribution in [0.5, 0.6) is 11.5 Å². The van der Waals surface area contributed by atoms with Gasteiger partial charge in [-0.1, -0.05) is 20.8 Å². The summed E-state index contributed by atoms with van der Waals surface area (Å²) >= 11 is 1.29. The zero-order chi connectivity index (χ0) is 45.1. The van der Waals surface area contributed by atoms with Crippen molar-refractivity contribution in [2.75, 3.05) is 60.8 Å². The van der Waals surface area contributed by atoms with Gasteiger partial charge >= 0.3 is 6.03 Å². The van der Waals surface area contributed by atoms with Gasteiger partial charge in [-0.05, 0) is 98.9 Å². The van der Waals surface area contributed by atoms with E-state index >= 15 is 8.78 Å². The molecule has 2 spiro atoms. The molecule has 18 heteroatoms. The van der Waals surface area contributed by atoms with Crippen LogP contribution < -0.4 is 30.1 Å². The predicted octanol–water partition coefficient (Wildman–Crippen LogP) is 7.71. The molecule has 0 radical (unpaired) electrons. The summed E-state index contributed by atoms with van der Waals surface area (Å²) in [5, 5.41) is 17.7. The van der Waals surface area contributed by atoms with Crippen molar-refractivity contribution >= 4 is 63.1 Å². The molecule has 2 aromatic heterocycles. The number of imide groups is 1. The molecule has 2 N–H and O–H groups in total. The van der Waals surface area contributed by atoms with E-state index in [9.17, 15) is 19.6 Å². The zero-order valence-corrected chi connectivity index (χ0v) is 37.6. The molecule has 0 atom stereocenters. The smallest absolute Gasteiger partial charge is 0.329 e. The zero-order valence-electron chi connectivity index (χ0n) is 36.8. The Balaban J connectivity index is 0.00000256. The van der Waals surface area contributed by atoms with Gasteiger partial charge in [0.15, 0.2) is 17.4 Å². The maximum atomic E-state index is 15.7. The third-order valence-electron chi connectivity index (χ3n) is 14.0. The maximum Gasteiger partial charge on any atom is 0.329 e. The topological polar surface area (TPSA) is 157 Å².